The Balaban J connectivity index is 2.50. The van der Waals surface area contributed by atoms with Gasteiger partial charge in [-0.2, -0.15) is 0 Å². The second kappa shape index (κ2) is 6.40. The molecule has 0 amide bonds. The third-order valence-electron chi connectivity index (χ3n) is 3.97. The van der Waals surface area contributed by atoms with Gasteiger partial charge in [0.2, 0.25) is 0 Å². The normalized spacial score (nSPS) is 13.0. The second-order valence-electron chi connectivity index (χ2n) is 6.20. The van der Waals surface area contributed by atoms with Crippen LogP contribution < -0.4 is 5.73 Å². The van der Waals surface area contributed by atoms with Crippen molar-refractivity contribution in [2.24, 2.45) is 5.73 Å². The van der Waals surface area contributed by atoms with E-state index in [-0.39, 0.29) is 5.82 Å². The third-order valence-corrected chi connectivity index (χ3v) is 3.97. The molecule has 1 atom stereocenters. The summed E-state index contributed by atoms with van der Waals surface area (Å²) in [6.45, 7) is 8.65. The van der Waals surface area contributed by atoms with Crippen LogP contribution in [0.2, 0.25) is 0 Å². The monoisotopic (exact) mass is 285 g/mol. The minimum absolute atomic E-state index is 0.243. The number of hydrogen-bond donors (Lipinski definition) is 1. The van der Waals surface area contributed by atoms with Gasteiger partial charge in [-0.25, -0.2) is 4.39 Å². The first-order chi connectivity index (χ1) is 9.91. The van der Waals surface area contributed by atoms with Crippen molar-refractivity contribution in [3.63, 3.8) is 0 Å². The van der Waals surface area contributed by atoms with Gasteiger partial charge in [0, 0.05) is 5.56 Å². The first-order valence-electron chi connectivity index (χ1n) is 7.55. The summed E-state index contributed by atoms with van der Waals surface area (Å²) in [5, 5.41) is 0. The number of nitrogens with two attached hydrogens (primary N) is 1. The van der Waals surface area contributed by atoms with Crippen LogP contribution in [0.3, 0.4) is 0 Å². The van der Waals surface area contributed by atoms with E-state index >= 15 is 0 Å². The zero-order valence-electron chi connectivity index (χ0n) is 13.2. The van der Waals surface area contributed by atoms with Gasteiger partial charge in [0.15, 0.2) is 0 Å². The highest BCUT2D eigenvalue weighted by Gasteiger charge is 2.18. The van der Waals surface area contributed by atoms with E-state index in [0.717, 1.165) is 5.56 Å². The fourth-order valence-electron chi connectivity index (χ4n) is 2.63. The SMILES string of the molecule is CC(C)c1ccc(C(N)c2ccccc2F)c(C(C)C)c1. The van der Waals surface area contributed by atoms with Crippen molar-refractivity contribution in [1.29, 1.82) is 0 Å². The van der Waals surface area contributed by atoms with Gasteiger partial charge in [-0.3, -0.25) is 0 Å². The molecular weight excluding hydrogens is 261 g/mol. The topological polar surface area (TPSA) is 26.0 Å². The van der Waals surface area contributed by atoms with Crippen molar-refractivity contribution >= 4 is 0 Å². The molecule has 2 aromatic rings. The van der Waals surface area contributed by atoms with Gasteiger partial charge >= 0.3 is 0 Å². The van der Waals surface area contributed by atoms with Crippen molar-refractivity contribution in [1.82, 2.24) is 0 Å². The smallest absolute Gasteiger partial charge is 0.128 e. The van der Waals surface area contributed by atoms with Crippen LogP contribution in [0, 0.1) is 5.82 Å². The van der Waals surface area contributed by atoms with Gasteiger partial charge in [0.05, 0.1) is 6.04 Å². The molecule has 21 heavy (non-hydrogen) atoms. The Bertz CT molecular complexity index is 617. The van der Waals surface area contributed by atoms with Crippen LogP contribution in [0.15, 0.2) is 42.5 Å². The maximum Gasteiger partial charge on any atom is 0.128 e. The summed E-state index contributed by atoms with van der Waals surface area (Å²) in [4.78, 5) is 0. The van der Waals surface area contributed by atoms with Crippen molar-refractivity contribution in [3.8, 4) is 0 Å². The quantitative estimate of drug-likeness (QED) is 0.829. The van der Waals surface area contributed by atoms with Crippen LogP contribution in [0.4, 0.5) is 4.39 Å². The average Bonchev–Trinajstić information content (AvgIpc) is 2.46. The molecule has 0 aliphatic rings. The van der Waals surface area contributed by atoms with Crippen LogP contribution in [0.25, 0.3) is 0 Å². The molecule has 0 fully saturated rings. The van der Waals surface area contributed by atoms with Crippen LogP contribution in [-0.2, 0) is 0 Å². The Morgan fingerprint density at radius 1 is 0.810 bits per heavy atom. The van der Waals surface area contributed by atoms with E-state index in [1.54, 1.807) is 12.1 Å². The molecule has 2 heteroatoms. The lowest BCUT2D eigenvalue weighted by atomic mass is 9.86. The minimum Gasteiger partial charge on any atom is -0.320 e. The first-order valence-corrected chi connectivity index (χ1v) is 7.55. The van der Waals surface area contributed by atoms with E-state index < -0.39 is 6.04 Å². The first kappa shape index (κ1) is 15.7. The molecule has 1 unspecified atom stereocenters. The summed E-state index contributed by atoms with van der Waals surface area (Å²) in [6, 6.07) is 12.7. The van der Waals surface area contributed by atoms with Gasteiger partial charge < -0.3 is 5.73 Å². The average molecular weight is 285 g/mol. The number of benzene rings is 2. The summed E-state index contributed by atoms with van der Waals surface area (Å²) in [5.41, 5.74) is 10.4. The molecule has 0 aromatic heterocycles. The Hall–Kier alpha value is -1.67. The van der Waals surface area contributed by atoms with E-state index in [1.165, 1.54) is 17.2 Å². The molecule has 112 valence electrons. The van der Waals surface area contributed by atoms with E-state index in [0.29, 0.717) is 17.4 Å². The van der Waals surface area contributed by atoms with E-state index in [9.17, 15) is 4.39 Å². The molecule has 0 aliphatic heterocycles. The fourth-order valence-corrected chi connectivity index (χ4v) is 2.63. The highest BCUT2D eigenvalue weighted by molar-refractivity contribution is 5.42. The van der Waals surface area contributed by atoms with Gasteiger partial charge in [-0.15, -0.1) is 0 Å². The van der Waals surface area contributed by atoms with Gasteiger partial charge in [-0.05, 0) is 34.6 Å². The molecular formula is C19H24FN. The van der Waals surface area contributed by atoms with E-state index in [2.05, 4.69) is 45.9 Å². The van der Waals surface area contributed by atoms with Crippen LogP contribution >= 0.6 is 0 Å². The maximum atomic E-state index is 14.0. The molecule has 1 nitrogen and oxygen atoms in total. The summed E-state index contributed by atoms with van der Waals surface area (Å²) in [6.07, 6.45) is 0. The van der Waals surface area contributed by atoms with Gasteiger partial charge in [0.1, 0.15) is 5.82 Å². The number of halogens is 1. The second-order valence-corrected chi connectivity index (χ2v) is 6.20. The molecule has 0 aliphatic carbocycles. The molecule has 2 aromatic carbocycles. The number of hydrogen-bond acceptors (Lipinski definition) is 1. The molecule has 0 heterocycles. The van der Waals surface area contributed by atoms with E-state index in [1.807, 2.05) is 6.07 Å². The molecule has 2 N–H and O–H groups in total. The lowest BCUT2D eigenvalue weighted by Gasteiger charge is -2.21. The predicted octanol–water partition coefficient (Wildman–Crippen LogP) is 5.12. The van der Waals surface area contributed by atoms with Crippen molar-refractivity contribution in [2.45, 2.75) is 45.6 Å². The minimum atomic E-state index is -0.426. The predicted molar refractivity (Wildman–Crippen MR) is 87.1 cm³/mol. The van der Waals surface area contributed by atoms with Crippen LogP contribution in [0.5, 0.6) is 0 Å². The Kier molecular flexibility index (Phi) is 4.79. The lowest BCUT2D eigenvalue weighted by molar-refractivity contribution is 0.598. The summed E-state index contributed by atoms with van der Waals surface area (Å²) >= 11 is 0. The van der Waals surface area contributed by atoms with Crippen LogP contribution in [0.1, 0.15) is 67.8 Å². The van der Waals surface area contributed by atoms with Gasteiger partial charge in [0.25, 0.3) is 0 Å². The number of rotatable bonds is 4. The van der Waals surface area contributed by atoms with E-state index in [4.69, 9.17) is 5.73 Å². The van der Waals surface area contributed by atoms with Crippen molar-refractivity contribution in [2.75, 3.05) is 0 Å². The highest BCUT2D eigenvalue weighted by Crippen LogP contribution is 2.31. The third kappa shape index (κ3) is 3.33. The summed E-state index contributed by atoms with van der Waals surface area (Å²) in [7, 11) is 0. The van der Waals surface area contributed by atoms with Gasteiger partial charge in [-0.1, -0.05) is 64.1 Å². The zero-order valence-corrected chi connectivity index (χ0v) is 13.2. The lowest BCUT2D eigenvalue weighted by Crippen LogP contribution is -2.16. The molecule has 0 radical (unpaired) electrons. The maximum absolute atomic E-state index is 14.0. The molecule has 2 rings (SSSR count). The molecule has 0 saturated carbocycles. The molecule has 0 saturated heterocycles. The molecule has 0 spiro atoms. The zero-order chi connectivity index (χ0) is 15.6. The van der Waals surface area contributed by atoms with Crippen molar-refractivity contribution < 1.29 is 4.39 Å². The van der Waals surface area contributed by atoms with Crippen LogP contribution in [-0.4, -0.2) is 0 Å². The van der Waals surface area contributed by atoms with Crippen molar-refractivity contribution in [3.05, 3.63) is 70.5 Å². The largest absolute Gasteiger partial charge is 0.320 e. The summed E-state index contributed by atoms with van der Waals surface area (Å²) in [5.74, 6) is 0.588. The summed E-state index contributed by atoms with van der Waals surface area (Å²) < 4.78 is 14.0. The molecule has 0 bridgehead atoms. The highest BCUT2D eigenvalue weighted by atomic mass is 19.1. The Labute approximate surface area is 127 Å². The Morgan fingerprint density at radius 2 is 1.48 bits per heavy atom. The Morgan fingerprint density at radius 3 is 2.05 bits per heavy atom. The standard InChI is InChI=1S/C19H24FN/c1-12(2)14-9-10-15(17(11-14)13(3)4)19(21)16-7-5-6-8-18(16)20/h5-13,19H,21H2,1-4H3. The fraction of sp³-hybridized carbons (Fsp3) is 0.368.